The predicted molar refractivity (Wildman–Crippen MR) is 79.5 cm³/mol. The molecule has 0 radical (unpaired) electrons. The number of rotatable bonds is 5. The van der Waals surface area contributed by atoms with Gasteiger partial charge in [-0.1, -0.05) is 12.1 Å². The van der Waals surface area contributed by atoms with E-state index in [-0.39, 0.29) is 11.7 Å². The number of benzene rings is 1. The summed E-state index contributed by atoms with van der Waals surface area (Å²) in [6.07, 6.45) is 3.06. The zero-order chi connectivity index (χ0) is 14.5. The third kappa shape index (κ3) is 3.97. The average Bonchev–Trinajstić information content (AvgIpc) is 2.92. The largest absolute Gasteiger partial charge is 0.508 e. The molecule has 1 saturated heterocycles. The molecule has 1 aromatic carbocycles. The van der Waals surface area contributed by atoms with Crippen LogP contribution in [0.4, 0.5) is 0 Å². The quantitative estimate of drug-likeness (QED) is 0.897. The molecule has 1 fully saturated rings. The van der Waals surface area contributed by atoms with Gasteiger partial charge in [-0.15, -0.1) is 0 Å². The Kier molecular flexibility index (Phi) is 5.01. The summed E-state index contributed by atoms with van der Waals surface area (Å²) in [5.41, 5.74) is 0.953. The molecule has 0 saturated carbocycles. The molecular formula is C16H24N2O2. The minimum Gasteiger partial charge on any atom is -0.508 e. The van der Waals surface area contributed by atoms with Crippen molar-refractivity contribution in [3.05, 3.63) is 29.8 Å². The van der Waals surface area contributed by atoms with Crippen molar-refractivity contribution in [2.75, 3.05) is 20.1 Å². The van der Waals surface area contributed by atoms with Crippen LogP contribution < -0.4 is 0 Å². The molecule has 4 nitrogen and oxygen atoms in total. The molecule has 2 rings (SSSR count). The summed E-state index contributed by atoms with van der Waals surface area (Å²) in [4.78, 5) is 16.4. The van der Waals surface area contributed by atoms with E-state index in [1.54, 1.807) is 23.1 Å². The van der Waals surface area contributed by atoms with Crippen LogP contribution in [0.3, 0.4) is 0 Å². The molecule has 1 amide bonds. The molecule has 0 aromatic heterocycles. The summed E-state index contributed by atoms with van der Waals surface area (Å²) < 4.78 is 0. The zero-order valence-electron chi connectivity index (χ0n) is 12.4. The van der Waals surface area contributed by atoms with Gasteiger partial charge in [-0.3, -0.25) is 4.79 Å². The molecule has 20 heavy (non-hydrogen) atoms. The molecule has 0 aliphatic carbocycles. The lowest BCUT2D eigenvalue weighted by molar-refractivity contribution is -0.131. The van der Waals surface area contributed by atoms with Crippen LogP contribution in [-0.2, 0) is 11.3 Å². The van der Waals surface area contributed by atoms with Crippen LogP contribution in [0.1, 0.15) is 31.7 Å². The second kappa shape index (κ2) is 6.75. The molecule has 1 aromatic rings. The summed E-state index contributed by atoms with van der Waals surface area (Å²) >= 11 is 0. The summed E-state index contributed by atoms with van der Waals surface area (Å²) in [6, 6.07) is 7.38. The van der Waals surface area contributed by atoms with Crippen LogP contribution in [0.15, 0.2) is 24.3 Å². The highest BCUT2D eigenvalue weighted by Gasteiger charge is 2.21. The van der Waals surface area contributed by atoms with Gasteiger partial charge in [-0.2, -0.15) is 0 Å². The Bertz CT molecular complexity index is 456. The van der Waals surface area contributed by atoms with Crippen LogP contribution in [0.2, 0.25) is 0 Å². The number of phenols is 1. The van der Waals surface area contributed by atoms with Crippen LogP contribution in [0.5, 0.6) is 5.75 Å². The lowest BCUT2D eigenvalue weighted by atomic mass is 10.1. The third-order valence-electron chi connectivity index (χ3n) is 3.99. The summed E-state index contributed by atoms with van der Waals surface area (Å²) in [5, 5.41) is 9.44. The topological polar surface area (TPSA) is 43.8 Å². The Balaban J connectivity index is 1.85. The fourth-order valence-corrected chi connectivity index (χ4v) is 2.74. The molecule has 1 aliphatic rings. The van der Waals surface area contributed by atoms with Gasteiger partial charge in [0.15, 0.2) is 0 Å². The first-order chi connectivity index (χ1) is 9.56. The van der Waals surface area contributed by atoms with Crippen LogP contribution >= 0.6 is 0 Å². The molecule has 0 bridgehead atoms. The van der Waals surface area contributed by atoms with Crippen molar-refractivity contribution < 1.29 is 9.90 Å². The Hall–Kier alpha value is -1.55. The first-order valence-electron chi connectivity index (χ1n) is 7.32. The van der Waals surface area contributed by atoms with E-state index >= 15 is 0 Å². The van der Waals surface area contributed by atoms with Gasteiger partial charge in [0.25, 0.3) is 0 Å². The van der Waals surface area contributed by atoms with Crippen molar-refractivity contribution in [2.45, 2.75) is 38.8 Å². The fourth-order valence-electron chi connectivity index (χ4n) is 2.74. The highest BCUT2D eigenvalue weighted by molar-refractivity contribution is 5.76. The minimum absolute atomic E-state index is 0.160. The number of nitrogens with zero attached hydrogens (tertiary/aromatic N) is 2. The number of likely N-dealkylation sites (tertiary alicyclic amines) is 1. The predicted octanol–water partition coefficient (Wildman–Crippen LogP) is 2.23. The standard InChI is InChI=1S/C16H24N2O2/c1-13(18-8-3-4-9-18)10-16(20)17(2)12-14-6-5-7-15(19)11-14/h5-7,11,13,19H,3-4,8-10,12H2,1-2H3/t13-/m0/s1. The first-order valence-corrected chi connectivity index (χ1v) is 7.32. The average molecular weight is 276 g/mol. The maximum absolute atomic E-state index is 12.2. The van der Waals surface area contributed by atoms with E-state index in [4.69, 9.17) is 0 Å². The van der Waals surface area contributed by atoms with E-state index in [1.165, 1.54) is 12.8 Å². The molecule has 4 heteroatoms. The molecule has 1 N–H and O–H groups in total. The van der Waals surface area contributed by atoms with Gasteiger partial charge in [-0.25, -0.2) is 0 Å². The number of carbonyl (C=O) groups is 1. The molecule has 1 heterocycles. The van der Waals surface area contributed by atoms with Gasteiger partial charge in [-0.05, 0) is 50.6 Å². The lowest BCUT2D eigenvalue weighted by Crippen LogP contribution is -2.36. The SMILES string of the molecule is C[C@@H](CC(=O)N(C)Cc1cccc(O)c1)N1CCCC1. The second-order valence-corrected chi connectivity index (χ2v) is 5.72. The second-order valence-electron chi connectivity index (χ2n) is 5.72. The van der Waals surface area contributed by atoms with Gasteiger partial charge in [0.1, 0.15) is 5.75 Å². The number of aromatic hydroxyl groups is 1. The number of carbonyl (C=O) groups excluding carboxylic acids is 1. The van der Waals surface area contributed by atoms with Gasteiger partial charge in [0.05, 0.1) is 0 Å². The van der Waals surface area contributed by atoms with Crippen molar-refractivity contribution in [3.8, 4) is 5.75 Å². The van der Waals surface area contributed by atoms with Crippen LogP contribution in [0.25, 0.3) is 0 Å². The third-order valence-corrected chi connectivity index (χ3v) is 3.99. The first kappa shape index (κ1) is 14.9. The molecule has 1 aliphatic heterocycles. The van der Waals surface area contributed by atoms with Crippen molar-refractivity contribution in [3.63, 3.8) is 0 Å². The summed E-state index contributed by atoms with van der Waals surface area (Å²) in [5.74, 6) is 0.404. The Morgan fingerprint density at radius 2 is 2.10 bits per heavy atom. The number of hydrogen-bond donors (Lipinski definition) is 1. The van der Waals surface area contributed by atoms with Gasteiger partial charge in [0.2, 0.25) is 5.91 Å². The Morgan fingerprint density at radius 1 is 1.40 bits per heavy atom. The summed E-state index contributed by atoms with van der Waals surface area (Å²) in [6.45, 7) is 4.90. The zero-order valence-corrected chi connectivity index (χ0v) is 12.4. The normalized spacial score (nSPS) is 17.1. The van der Waals surface area contributed by atoms with Crippen molar-refractivity contribution in [1.29, 1.82) is 0 Å². The Labute approximate surface area is 121 Å². The monoisotopic (exact) mass is 276 g/mol. The van der Waals surface area contributed by atoms with E-state index < -0.39 is 0 Å². The molecule has 0 unspecified atom stereocenters. The van der Waals surface area contributed by atoms with Crippen molar-refractivity contribution in [1.82, 2.24) is 9.80 Å². The minimum atomic E-state index is 0.160. The Morgan fingerprint density at radius 3 is 2.75 bits per heavy atom. The van der Waals surface area contributed by atoms with Gasteiger partial charge in [0, 0.05) is 26.1 Å². The number of hydrogen-bond acceptors (Lipinski definition) is 3. The maximum Gasteiger partial charge on any atom is 0.224 e. The van der Waals surface area contributed by atoms with Crippen molar-refractivity contribution >= 4 is 5.91 Å². The molecule has 1 atom stereocenters. The van der Waals surface area contributed by atoms with E-state index in [0.717, 1.165) is 18.7 Å². The number of amides is 1. The van der Waals surface area contributed by atoms with E-state index in [1.807, 2.05) is 13.1 Å². The molecule has 0 spiro atoms. The van der Waals surface area contributed by atoms with Crippen LogP contribution in [-0.4, -0.2) is 47.0 Å². The van der Waals surface area contributed by atoms with Gasteiger partial charge >= 0.3 is 0 Å². The van der Waals surface area contributed by atoms with Crippen LogP contribution in [0, 0.1) is 0 Å². The lowest BCUT2D eigenvalue weighted by Gasteiger charge is -2.25. The van der Waals surface area contributed by atoms with E-state index in [9.17, 15) is 9.90 Å². The summed E-state index contributed by atoms with van der Waals surface area (Å²) in [7, 11) is 1.82. The van der Waals surface area contributed by atoms with Gasteiger partial charge < -0.3 is 14.9 Å². The fraction of sp³-hybridized carbons (Fsp3) is 0.562. The maximum atomic E-state index is 12.2. The highest BCUT2D eigenvalue weighted by Crippen LogP contribution is 2.16. The number of phenolic OH excluding ortho intramolecular Hbond substituents is 1. The molecular weight excluding hydrogens is 252 g/mol. The van der Waals surface area contributed by atoms with Crippen molar-refractivity contribution in [2.24, 2.45) is 0 Å². The highest BCUT2D eigenvalue weighted by atomic mass is 16.3. The smallest absolute Gasteiger partial charge is 0.224 e. The van der Waals surface area contributed by atoms with E-state index in [2.05, 4.69) is 11.8 Å². The molecule has 110 valence electrons. The van der Waals surface area contributed by atoms with E-state index in [0.29, 0.717) is 19.0 Å².